The van der Waals surface area contributed by atoms with Crippen LogP contribution in [0.25, 0.3) is 17.2 Å². The lowest BCUT2D eigenvalue weighted by atomic mass is 9.82. The minimum absolute atomic E-state index is 1.08. The normalized spacial score (nSPS) is 13.4. The molecular formula is C34H34N3+. The molecule has 0 saturated heterocycles. The highest BCUT2D eigenvalue weighted by Gasteiger charge is 2.26. The van der Waals surface area contributed by atoms with Crippen LogP contribution in [0.15, 0.2) is 103 Å². The molecule has 1 aliphatic carbocycles. The molecule has 3 heteroatoms. The molecule has 0 radical (unpaired) electrons. The van der Waals surface area contributed by atoms with Gasteiger partial charge < -0.3 is 9.80 Å². The molecule has 4 aromatic rings. The van der Waals surface area contributed by atoms with Gasteiger partial charge in [-0.25, -0.2) is 4.99 Å². The highest BCUT2D eigenvalue weighted by molar-refractivity contribution is 6.37. The summed E-state index contributed by atoms with van der Waals surface area (Å²) in [5.74, 6) is 0. The van der Waals surface area contributed by atoms with E-state index in [0.29, 0.717) is 0 Å². The van der Waals surface area contributed by atoms with Crippen LogP contribution in [-0.4, -0.2) is 33.9 Å². The molecule has 0 bridgehead atoms. The molecule has 0 spiro atoms. The molecule has 0 amide bonds. The molecule has 5 rings (SSSR count). The van der Waals surface area contributed by atoms with Crippen LogP contribution in [0.3, 0.4) is 0 Å². The minimum atomic E-state index is 1.08. The van der Waals surface area contributed by atoms with Crippen LogP contribution < -0.4 is 14.8 Å². The first-order valence-electron chi connectivity index (χ1n) is 12.7. The van der Waals surface area contributed by atoms with Gasteiger partial charge in [-0.05, 0) is 59.5 Å². The Bertz CT molecular complexity index is 1430. The van der Waals surface area contributed by atoms with Crippen molar-refractivity contribution in [2.24, 2.45) is 0 Å². The molecule has 37 heavy (non-hydrogen) atoms. The minimum Gasteiger partial charge on any atom is -0.378 e. The largest absolute Gasteiger partial charge is 0.378 e. The first-order valence-corrected chi connectivity index (χ1v) is 12.7. The lowest BCUT2D eigenvalue weighted by Gasteiger charge is -2.21. The van der Waals surface area contributed by atoms with Crippen molar-refractivity contribution in [3.63, 3.8) is 0 Å². The second-order valence-corrected chi connectivity index (χ2v) is 9.96. The predicted molar refractivity (Wildman–Crippen MR) is 160 cm³/mol. The molecule has 184 valence electrons. The topological polar surface area (TPSA) is 20.5 Å². The zero-order valence-corrected chi connectivity index (χ0v) is 22.3. The smallest absolute Gasteiger partial charge is 0.212 e. The van der Waals surface area contributed by atoms with E-state index in [1.54, 1.807) is 0 Å². The number of hydrogen-bond donors (Lipinski definition) is 1. The Morgan fingerprint density at radius 3 is 1.68 bits per heavy atom. The van der Waals surface area contributed by atoms with E-state index in [-0.39, 0.29) is 0 Å². The third kappa shape index (κ3) is 5.12. The Balaban J connectivity index is 1.80. The summed E-state index contributed by atoms with van der Waals surface area (Å²) in [5.41, 5.74) is 13.0. The lowest BCUT2D eigenvalue weighted by molar-refractivity contribution is -0.350. The molecule has 0 saturated carbocycles. The molecule has 0 atom stereocenters. The highest BCUT2D eigenvalue weighted by atomic mass is 15.1. The van der Waals surface area contributed by atoms with Gasteiger partial charge in [0, 0.05) is 63.3 Å². The summed E-state index contributed by atoms with van der Waals surface area (Å²) in [4.78, 5) is 8.01. The SMILES string of the molecule is Cc1ccc([NH+]=C2C=Cc3ccccc3C2=C(c2ccc(N(C)C)cc2)c2ccc(N(C)C)cc2)cc1. The van der Waals surface area contributed by atoms with Crippen LogP contribution in [-0.2, 0) is 0 Å². The number of rotatable bonds is 5. The number of aryl methyl sites for hydroxylation is 1. The fourth-order valence-electron chi connectivity index (χ4n) is 4.75. The van der Waals surface area contributed by atoms with Crippen LogP contribution in [0.2, 0.25) is 0 Å². The Kier molecular flexibility index (Phi) is 6.78. The zero-order valence-electron chi connectivity index (χ0n) is 22.3. The van der Waals surface area contributed by atoms with E-state index in [0.717, 1.165) is 11.4 Å². The third-order valence-electron chi connectivity index (χ3n) is 6.85. The quantitative estimate of drug-likeness (QED) is 0.377. The Morgan fingerprint density at radius 2 is 1.14 bits per heavy atom. The molecule has 0 aliphatic heterocycles. The third-order valence-corrected chi connectivity index (χ3v) is 6.85. The van der Waals surface area contributed by atoms with Gasteiger partial charge in [-0.2, -0.15) is 0 Å². The number of nitrogens with one attached hydrogen (secondary N) is 1. The zero-order chi connectivity index (χ0) is 25.9. The standard InChI is InChI=1S/C34H33N3/c1-24-10-17-28(18-11-24)35-32-23-16-25-8-6-7-9-31(25)34(32)33(26-12-19-29(20-13-26)36(2)3)27-14-21-30(22-15-27)37(4)5/h6-23H,1-5H3/p+1. The number of hydrogen-bond acceptors (Lipinski definition) is 2. The van der Waals surface area contributed by atoms with Crippen molar-refractivity contribution in [1.29, 1.82) is 0 Å². The molecule has 3 nitrogen and oxygen atoms in total. The van der Waals surface area contributed by atoms with Crippen molar-refractivity contribution in [2.45, 2.75) is 6.92 Å². The first kappa shape index (κ1) is 24.3. The summed E-state index contributed by atoms with van der Waals surface area (Å²) >= 11 is 0. The fourth-order valence-corrected chi connectivity index (χ4v) is 4.75. The van der Waals surface area contributed by atoms with Crippen molar-refractivity contribution in [1.82, 2.24) is 0 Å². The molecule has 1 N–H and O–H groups in total. The van der Waals surface area contributed by atoms with Gasteiger partial charge in [0.2, 0.25) is 11.4 Å². The lowest BCUT2D eigenvalue weighted by Crippen LogP contribution is -2.66. The predicted octanol–water partition coefficient (Wildman–Crippen LogP) is 5.97. The van der Waals surface area contributed by atoms with Crippen LogP contribution >= 0.6 is 0 Å². The number of anilines is 2. The molecule has 0 heterocycles. The molecule has 0 aromatic heterocycles. The molecule has 1 aliphatic rings. The number of nitrogens with zero attached hydrogens (tertiary/aromatic N) is 2. The fraction of sp³-hybridized carbons (Fsp3) is 0.147. The van der Waals surface area contributed by atoms with Crippen molar-refractivity contribution in [3.05, 3.63) is 131 Å². The van der Waals surface area contributed by atoms with E-state index in [4.69, 9.17) is 0 Å². The maximum atomic E-state index is 3.73. The van der Waals surface area contributed by atoms with Gasteiger partial charge in [0.25, 0.3) is 0 Å². The second kappa shape index (κ2) is 10.3. The van der Waals surface area contributed by atoms with Gasteiger partial charge in [0.1, 0.15) is 0 Å². The van der Waals surface area contributed by atoms with E-state index >= 15 is 0 Å². The van der Waals surface area contributed by atoms with Crippen LogP contribution in [0.1, 0.15) is 27.8 Å². The summed E-state index contributed by atoms with van der Waals surface area (Å²) in [7, 11) is 8.31. The van der Waals surface area contributed by atoms with E-state index in [1.807, 2.05) is 0 Å². The maximum absolute atomic E-state index is 3.73. The van der Waals surface area contributed by atoms with E-state index in [1.165, 1.54) is 50.3 Å². The van der Waals surface area contributed by atoms with E-state index < -0.39 is 0 Å². The summed E-state index contributed by atoms with van der Waals surface area (Å²) in [6, 6.07) is 35.0. The monoisotopic (exact) mass is 484 g/mol. The summed E-state index contributed by atoms with van der Waals surface area (Å²) in [6.07, 6.45) is 4.41. The Labute approximate surface area is 220 Å². The Morgan fingerprint density at radius 1 is 0.595 bits per heavy atom. The maximum Gasteiger partial charge on any atom is 0.212 e. The highest BCUT2D eigenvalue weighted by Crippen LogP contribution is 2.37. The molecule has 0 fully saturated rings. The summed E-state index contributed by atoms with van der Waals surface area (Å²) in [6.45, 7) is 2.12. The Hall–Kier alpha value is -4.37. The van der Waals surface area contributed by atoms with Gasteiger partial charge in [-0.3, -0.25) is 0 Å². The van der Waals surface area contributed by atoms with Crippen LogP contribution in [0.4, 0.5) is 17.1 Å². The average molecular weight is 485 g/mol. The van der Waals surface area contributed by atoms with Crippen molar-refractivity contribution in [2.75, 3.05) is 38.0 Å². The molecular weight excluding hydrogens is 450 g/mol. The van der Waals surface area contributed by atoms with Gasteiger partial charge in [0.15, 0.2) is 0 Å². The van der Waals surface area contributed by atoms with Crippen LogP contribution in [0.5, 0.6) is 0 Å². The number of allylic oxidation sites excluding steroid dienone is 2. The van der Waals surface area contributed by atoms with Crippen molar-refractivity contribution < 1.29 is 4.99 Å². The second-order valence-electron chi connectivity index (χ2n) is 9.96. The number of fused-ring (bicyclic) bond motifs is 1. The van der Waals surface area contributed by atoms with Crippen molar-refractivity contribution >= 4 is 40.0 Å². The first-order chi connectivity index (χ1) is 17.9. The average Bonchev–Trinajstić information content (AvgIpc) is 2.91. The van der Waals surface area contributed by atoms with Gasteiger partial charge in [-0.15, -0.1) is 0 Å². The van der Waals surface area contributed by atoms with E-state index in [2.05, 4.69) is 159 Å². The van der Waals surface area contributed by atoms with E-state index in [9.17, 15) is 0 Å². The van der Waals surface area contributed by atoms with Crippen molar-refractivity contribution in [3.8, 4) is 0 Å². The van der Waals surface area contributed by atoms with Gasteiger partial charge >= 0.3 is 0 Å². The summed E-state index contributed by atoms with van der Waals surface area (Å²) in [5, 5.41) is 0. The molecule has 4 aromatic carbocycles. The number of benzene rings is 4. The van der Waals surface area contributed by atoms with Gasteiger partial charge in [0.05, 0.1) is 5.57 Å². The molecule has 0 unspecified atom stereocenters. The summed E-state index contributed by atoms with van der Waals surface area (Å²) < 4.78 is 0. The van der Waals surface area contributed by atoms with Gasteiger partial charge in [-0.1, -0.05) is 66.2 Å². The van der Waals surface area contributed by atoms with Crippen LogP contribution in [0, 0.1) is 6.92 Å².